The number of hydrogen-bond acceptors (Lipinski definition) is 4. The lowest BCUT2D eigenvalue weighted by atomic mass is 10.1. The maximum absolute atomic E-state index is 12.7. The molecule has 1 aromatic heterocycles. The second kappa shape index (κ2) is 8.47. The van der Waals surface area contributed by atoms with Crippen molar-refractivity contribution in [1.29, 1.82) is 0 Å². The van der Waals surface area contributed by atoms with E-state index in [0.717, 1.165) is 11.1 Å². The molecule has 1 aliphatic heterocycles. The number of rotatable bonds is 8. The zero-order chi connectivity index (χ0) is 18.4. The fraction of sp³-hybridized carbons (Fsp3) is 0.300. The molecule has 2 aromatic rings. The van der Waals surface area contributed by atoms with E-state index >= 15 is 0 Å². The van der Waals surface area contributed by atoms with Gasteiger partial charge in [0.05, 0.1) is 12.4 Å². The Labute approximate surface area is 152 Å². The molecular formula is C20H21FN2O3. The number of halogens is 1. The summed E-state index contributed by atoms with van der Waals surface area (Å²) in [7, 11) is 0. The number of nitrogens with zero attached hydrogens (tertiary/aromatic N) is 2. The first-order valence-corrected chi connectivity index (χ1v) is 8.50. The molecule has 1 aromatic carbocycles. The van der Waals surface area contributed by atoms with Crippen molar-refractivity contribution < 1.29 is 18.7 Å². The summed E-state index contributed by atoms with van der Waals surface area (Å²) in [5.74, 6) is 0.196. The number of amides is 1. The zero-order valence-electron chi connectivity index (χ0n) is 14.4. The maximum atomic E-state index is 12.7. The van der Waals surface area contributed by atoms with Gasteiger partial charge in [-0.25, -0.2) is 14.2 Å². The summed E-state index contributed by atoms with van der Waals surface area (Å²) >= 11 is 0. The van der Waals surface area contributed by atoms with Gasteiger partial charge in [-0.15, -0.1) is 0 Å². The summed E-state index contributed by atoms with van der Waals surface area (Å²) in [5, 5.41) is 0. The fourth-order valence-corrected chi connectivity index (χ4v) is 2.72. The van der Waals surface area contributed by atoms with Crippen LogP contribution in [0.4, 0.5) is 9.18 Å². The topological polar surface area (TPSA) is 51.7 Å². The number of carbonyl (C=O) groups is 1. The first-order chi connectivity index (χ1) is 12.6. The highest BCUT2D eigenvalue weighted by atomic mass is 19.1. The lowest BCUT2D eigenvalue weighted by Gasteiger charge is -2.13. The van der Waals surface area contributed by atoms with Crippen molar-refractivity contribution in [2.45, 2.75) is 32.1 Å². The van der Waals surface area contributed by atoms with Crippen LogP contribution in [0.1, 0.15) is 24.0 Å². The standard InChI is InChI=1S/C20H21FN2O3/c1-15(21)5-10-18-13-23(20(24)26-18)12-16-6-8-17(9-7-16)14-25-19-4-2-3-11-22-19/h2-4,6-9,11,18H,1,5,10,12-14H2. The molecule has 0 saturated carbocycles. The van der Waals surface area contributed by atoms with Crippen molar-refractivity contribution >= 4 is 6.09 Å². The van der Waals surface area contributed by atoms with E-state index < -0.39 is 0 Å². The van der Waals surface area contributed by atoms with E-state index in [0.29, 0.717) is 32.0 Å². The minimum atomic E-state index is -0.386. The van der Waals surface area contributed by atoms with E-state index in [1.807, 2.05) is 42.5 Å². The van der Waals surface area contributed by atoms with Crippen LogP contribution in [-0.2, 0) is 17.9 Å². The molecule has 1 atom stereocenters. The van der Waals surface area contributed by atoms with Gasteiger partial charge in [-0.2, -0.15) is 0 Å². The Morgan fingerprint density at radius 2 is 2.04 bits per heavy atom. The first kappa shape index (κ1) is 17.9. The van der Waals surface area contributed by atoms with Gasteiger partial charge in [-0.05, 0) is 23.6 Å². The monoisotopic (exact) mass is 356 g/mol. The number of hydrogen-bond donors (Lipinski definition) is 0. The molecule has 0 radical (unpaired) electrons. The number of allylic oxidation sites excluding steroid dienone is 1. The third kappa shape index (κ3) is 5.05. The average Bonchev–Trinajstić information content (AvgIpc) is 3.00. The summed E-state index contributed by atoms with van der Waals surface area (Å²) < 4.78 is 23.6. The largest absolute Gasteiger partial charge is 0.473 e. The van der Waals surface area contributed by atoms with E-state index in [9.17, 15) is 9.18 Å². The zero-order valence-corrected chi connectivity index (χ0v) is 14.4. The minimum Gasteiger partial charge on any atom is -0.473 e. The summed E-state index contributed by atoms with van der Waals surface area (Å²) in [6.45, 7) is 4.59. The van der Waals surface area contributed by atoms with E-state index in [-0.39, 0.29) is 24.4 Å². The van der Waals surface area contributed by atoms with Gasteiger partial charge in [-0.1, -0.05) is 36.9 Å². The molecule has 1 amide bonds. The molecule has 1 unspecified atom stereocenters. The van der Waals surface area contributed by atoms with Crippen LogP contribution in [-0.4, -0.2) is 28.6 Å². The molecule has 5 nitrogen and oxygen atoms in total. The number of benzene rings is 1. The minimum absolute atomic E-state index is 0.219. The van der Waals surface area contributed by atoms with Gasteiger partial charge in [0.1, 0.15) is 12.7 Å². The molecule has 136 valence electrons. The molecule has 2 heterocycles. The molecule has 0 aliphatic carbocycles. The van der Waals surface area contributed by atoms with Crippen LogP contribution >= 0.6 is 0 Å². The third-order valence-corrected chi connectivity index (χ3v) is 4.11. The molecule has 26 heavy (non-hydrogen) atoms. The Morgan fingerprint density at radius 3 is 2.73 bits per heavy atom. The van der Waals surface area contributed by atoms with Crippen LogP contribution in [0.2, 0.25) is 0 Å². The van der Waals surface area contributed by atoms with E-state index in [1.165, 1.54) is 0 Å². The van der Waals surface area contributed by atoms with Crippen molar-refractivity contribution in [3.05, 3.63) is 72.2 Å². The fourth-order valence-electron chi connectivity index (χ4n) is 2.72. The summed E-state index contributed by atoms with van der Waals surface area (Å²) in [6.07, 6.45) is 1.73. The maximum Gasteiger partial charge on any atom is 0.410 e. The van der Waals surface area contributed by atoms with Gasteiger partial charge in [0.15, 0.2) is 0 Å². The van der Waals surface area contributed by atoms with Crippen LogP contribution in [0.5, 0.6) is 5.88 Å². The van der Waals surface area contributed by atoms with Crippen LogP contribution in [0, 0.1) is 0 Å². The Morgan fingerprint density at radius 1 is 1.27 bits per heavy atom. The Hall–Kier alpha value is -2.89. The number of cyclic esters (lactones) is 1. The number of aromatic nitrogens is 1. The number of pyridine rings is 1. The molecule has 1 fully saturated rings. The van der Waals surface area contributed by atoms with Crippen LogP contribution in [0.3, 0.4) is 0 Å². The van der Waals surface area contributed by atoms with Crippen LogP contribution < -0.4 is 4.74 Å². The third-order valence-electron chi connectivity index (χ3n) is 4.11. The molecule has 0 bridgehead atoms. The first-order valence-electron chi connectivity index (χ1n) is 8.50. The highest BCUT2D eigenvalue weighted by Crippen LogP contribution is 2.20. The molecule has 0 spiro atoms. The van der Waals surface area contributed by atoms with Crippen molar-refractivity contribution in [2.24, 2.45) is 0 Å². The van der Waals surface area contributed by atoms with Crippen molar-refractivity contribution in [3.63, 3.8) is 0 Å². The molecule has 3 rings (SSSR count). The summed E-state index contributed by atoms with van der Waals surface area (Å²) in [4.78, 5) is 17.7. The normalized spacial score (nSPS) is 16.4. The Kier molecular flexibility index (Phi) is 5.84. The smallest absolute Gasteiger partial charge is 0.410 e. The predicted octanol–water partition coefficient (Wildman–Crippen LogP) is 4.24. The van der Waals surface area contributed by atoms with Gasteiger partial charge in [0.25, 0.3) is 0 Å². The Balaban J connectivity index is 1.49. The molecular weight excluding hydrogens is 335 g/mol. The van der Waals surface area contributed by atoms with Gasteiger partial charge in [0.2, 0.25) is 5.88 Å². The van der Waals surface area contributed by atoms with Gasteiger partial charge >= 0.3 is 6.09 Å². The van der Waals surface area contributed by atoms with Crippen molar-refractivity contribution in [1.82, 2.24) is 9.88 Å². The lowest BCUT2D eigenvalue weighted by molar-refractivity contribution is 0.127. The SMILES string of the molecule is C=C(F)CCC1CN(Cc2ccc(COc3ccccn3)cc2)C(=O)O1. The number of ether oxygens (including phenoxy) is 2. The quantitative estimate of drug-likeness (QED) is 0.710. The van der Waals surface area contributed by atoms with E-state index in [4.69, 9.17) is 9.47 Å². The molecule has 6 heteroatoms. The second-order valence-electron chi connectivity index (χ2n) is 6.22. The molecule has 1 aliphatic rings. The summed E-state index contributed by atoms with van der Waals surface area (Å²) in [6, 6.07) is 13.4. The highest BCUT2D eigenvalue weighted by molar-refractivity contribution is 5.69. The van der Waals surface area contributed by atoms with Gasteiger partial charge < -0.3 is 14.4 Å². The van der Waals surface area contributed by atoms with E-state index in [2.05, 4.69) is 11.6 Å². The second-order valence-corrected chi connectivity index (χ2v) is 6.22. The van der Waals surface area contributed by atoms with Crippen molar-refractivity contribution in [3.8, 4) is 5.88 Å². The Bertz CT molecular complexity index is 749. The summed E-state index contributed by atoms with van der Waals surface area (Å²) in [5.41, 5.74) is 2.02. The molecule has 1 saturated heterocycles. The van der Waals surface area contributed by atoms with Crippen LogP contribution in [0.25, 0.3) is 0 Å². The average molecular weight is 356 g/mol. The number of carbonyl (C=O) groups excluding carboxylic acids is 1. The van der Waals surface area contributed by atoms with Crippen molar-refractivity contribution in [2.75, 3.05) is 6.54 Å². The van der Waals surface area contributed by atoms with Crippen LogP contribution in [0.15, 0.2) is 61.1 Å². The lowest BCUT2D eigenvalue weighted by Crippen LogP contribution is -2.24. The van der Waals surface area contributed by atoms with Gasteiger partial charge in [0, 0.05) is 25.2 Å². The van der Waals surface area contributed by atoms with E-state index in [1.54, 1.807) is 11.1 Å². The predicted molar refractivity (Wildman–Crippen MR) is 95.2 cm³/mol. The highest BCUT2D eigenvalue weighted by Gasteiger charge is 2.30. The van der Waals surface area contributed by atoms with Gasteiger partial charge in [-0.3, -0.25) is 0 Å². The molecule has 0 N–H and O–H groups in total.